The van der Waals surface area contributed by atoms with Crippen LogP contribution >= 0.6 is 11.9 Å². The van der Waals surface area contributed by atoms with Gasteiger partial charge in [0.2, 0.25) is 5.91 Å². The predicted octanol–water partition coefficient (Wildman–Crippen LogP) is 2.72. The molecule has 3 heteroatoms. The summed E-state index contributed by atoms with van der Waals surface area (Å²) in [4.78, 5) is 10.8. The van der Waals surface area contributed by atoms with E-state index in [1.807, 2.05) is 19.3 Å². The minimum atomic E-state index is 0.121. The molecule has 0 saturated heterocycles. The Hall–Kier alpha value is -0.440. The van der Waals surface area contributed by atoms with Crippen molar-refractivity contribution in [3.8, 4) is 0 Å². The quantitative estimate of drug-likeness (QED) is 0.639. The van der Waals surface area contributed by atoms with E-state index in [-0.39, 0.29) is 5.91 Å². The molecule has 0 unspecified atom stereocenters. The van der Waals surface area contributed by atoms with E-state index in [4.69, 9.17) is 0 Å². The Morgan fingerprint density at radius 3 is 2.42 bits per heavy atom. The summed E-state index contributed by atoms with van der Waals surface area (Å²) in [6.07, 6.45) is 0.574. The smallest absolute Gasteiger partial charge is 0.234 e. The molecule has 0 bridgehead atoms. The second kappa shape index (κ2) is 6.12. The van der Waals surface area contributed by atoms with Crippen LogP contribution in [0.15, 0.2) is 11.0 Å². The molecule has 1 amide bonds. The summed E-state index contributed by atoms with van der Waals surface area (Å²) in [5.74, 6) is 0.620. The molecule has 1 rings (SSSR count). The van der Waals surface area contributed by atoms with Crippen molar-refractivity contribution >= 4 is 17.9 Å². The van der Waals surface area contributed by atoms with E-state index in [0.29, 0.717) is 12.3 Å². The molecule has 0 saturated carbocycles. The number of hydrogen-bond donors (Lipinski definition) is 1. The van der Waals surface area contributed by atoms with Gasteiger partial charge in [-0.25, -0.2) is 0 Å². The van der Waals surface area contributed by atoms with Crippen LogP contribution in [-0.2, 0) is 4.79 Å². The standard InChI is InChI=1S/C7H11NOS.C2H6/c1-5(2)6-3-7(9)8-10-4-6;1-2/h4-5H,3H2,1-2H3,(H,8,9);1-2H3. The first-order valence-corrected chi connectivity index (χ1v) is 5.21. The van der Waals surface area contributed by atoms with Crippen LogP contribution in [0.25, 0.3) is 0 Å². The number of carbonyl (C=O) groups excluding carboxylic acids is 1. The van der Waals surface area contributed by atoms with E-state index in [1.165, 1.54) is 17.5 Å². The summed E-state index contributed by atoms with van der Waals surface area (Å²) < 4.78 is 2.67. The first kappa shape index (κ1) is 11.6. The van der Waals surface area contributed by atoms with Crippen LogP contribution in [-0.4, -0.2) is 5.91 Å². The Kier molecular flexibility index (Phi) is 5.89. The van der Waals surface area contributed by atoms with Crippen LogP contribution in [0, 0.1) is 5.92 Å². The van der Waals surface area contributed by atoms with Crippen LogP contribution in [0.2, 0.25) is 0 Å². The van der Waals surface area contributed by atoms with Gasteiger partial charge in [-0.2, -0.15) is 0 Å². The van der Waals surface area contributed by atoms with Gasteiger partial charge in [0.15, 0.2) is 0 Å². The van der Waals surface area contributed by atoms with E-state index in [0.717, 1.165) is 0 Å². The van der Waals surface area contributed by atoms with Crippen LogP contribution < -0.4 is 4.72 Å². The monoisotopic (exact) mass is 187 g/mol. The highest BCUT2D eigenvalue weighted by atomic mass is 32.2. The zero-order chi connectivity index (χ0) is 9.56. The molecule has 0 atom stereocenters. The van der Waals surface area contributed by atoms with Gasteiger partial charge < -0.3 is 0 Å². The lowest BCUT2D eigenvalue weighted by atomic mass is 10.0. The molecule has 0 spiro atoms. The lowest BCUT2D eigenvalue weighted by molar-refractivity contribution is -0.118. The largest absolute Gasteiger partial charge is 0.296 e. The molecule has 70 valence electrons. The van der Waals surface area contributed by atoms with Gasteiger partial charge in [0, 0.05) is 6.42 Å². The van der Waals surface area contributed by atoms with Crippen molar-refractivity contribution < 1.29 is 4.79 Å². The molecule has 0 aliphatic carbocycles. The average molecular weight is 187 g/mol. The lowest BCUT2D eigenvalue weighted by Crippen LogP contribution is -2.20. The first-order valence-electron chi connectivity index (χ1n) is 4.33. The number of amides is 1. The zero-order valence-corrected chi connectivity index (χ0v) is 8.99. The topological polar surface area (TPSA) is 29.1 Å². The molecule has 1 aliphatic rings. The second-order valence-electron chi connectivity index (χ2n) is 2.67. The SMILES string of the molecule is CC.CC(C)C1=CSNC(=O)C1. The van der Waals surface area contributed by atoms with Gasteiger partial charge in [-0.3, -0.25) is 9.52 Å². The molecule has 1 aliphatic heterocycles. The molecule has 1 heterocycles. The Bertz CT molecular complexity index is 175. The van der Waals surface area contributed by atoms with Gasteiger partial charge in [-0.15, -0.1) is 0 Å². The Labute approximate surface area is 78.9 Å². The maximum Gasteiger partial charge on any atom is 0.234 e. The van der Waals surface area contributed by atoms with E-state index in [1.54, 1.807) is 0 Å². The molecule has 0 fully saturated rings. The first-order chi connectivity index (χ1) is 5.70. The molecule has 0 aromatic heterocycles. The maximum atomic E-state index is 10.8. The minimum Gasteiger partial charge on any atom is -0.296 e. The number of hydrogen-bond acceptors (Lipinski definition) is 2. The zero-order valence-electron chi connectivity index (χ0n) is 8.18. The molecule has 0 aromatic carbocycles. The number of rotatable bonds is 1. The molecule has 2 nitrogen and oxygen atoms in total. The summed E-state index contributed by atoms with van der Waals surface area (Å²) in [5, 5.41) is 2.02. The van der Waals surface area contributed by atoms with Gasteiger partial charge in [0.25, 0.3) is 0 Å². The average Bonchev–Trinajstić information content (AvgIpc) is 2.08. The third kappa shape index (κ3) is 3.81. The second-order valence-corrected chi connectivity index (χ2v) is 3.34. The van der Waals surface area contributed by atoms with Crippen LogP contribution in [0.3, 0.4) is 0 Å². The van der Waals surface area contributed by atoms with Crippen molar-refractivity contribution in [2.24, 2.45) is 5.92 Å². The van der Waals surface area contributed by atoms with Crippen molar-refractivity contribution in [1.29, 1.82) is 0 Å². The van der Waals surface area contributed by atoms with Gasteiger partial charge in [-0.1, -0.05) is 33.3 Å². The summed E-state index contributed by atoms with van der Waals surface area (Å²) in [6, 6.07) is 0. The third-order valence-electron chi connectivity index (χ3n) is 1.49. The molecule has 1 N–H and O–H groups in total. The summed E-state index contributed by atoms with van der Waals surface area (Å²) >= 11 is 1.38. The summed E-state index contributed by atoms with van der Waals surface area (Å²) in [5.41, 5.74) is 1.23. The van der Waals surface area contributed by atoms with Gasteiger partial charge in [0.1, 0.15) is 0 Å². The molecule has 0 radical (unpaired) electrons. The van der Waals surface area contributed by atoms with Crippen molar-refractivity contribution in [3.05, 3.63) is 11.0 Å². The fraction of sp³-hybridized carbons (Fsp3) is 0.667. The Morgan fingerprint density at radius 2 is 2.08 bits per heavy atom. The van der Waals surface area contributed by atoms with Crippen molar-refractivity contribution in [3.63, 3.8) is 0 Å². The van der Waals surface area contributed by atoms with E-state index in [9.17, 15) is 4.79 Å². The lowest BCUT2D eigenvalue weighted by Gasteiger charge is -2.14. The van der Waals surface area contributed by atoms with Crippen LogP contribution in [0.5, 0.6) is 0 Å². The molecular formula is C9H17NOS. The van der Waals surface area contributed by atoms with Crippen molar-refractivity contribution in [1.82, 2.24) is 4.72 Å². The Balaban J connectivity index is 0.000000561. The highest BCUT2D eigenvalue weighted by molar-refractivity contribution is 8.00. The summed E-state index contributed by atoms with van der Waals surface area (Å²) in [6.45, 7) is 8.20. The Morgan fingerprint density at radius 1 is 1.50 bits per heavy atom. The molecule has 12 heavy (non-hydrogen) atoms. The van der Waals surface area contributed by atoms with Crippen LogP contribution in [0.4, 0.5) is 0 Å². The predicted molar refractivity (Wildman–Crippen MR) is 54.6 cm³/mol. The number of carbonyl (C=O) groups is 1. The third-order valence-corrected chi connectivity index (χ3v) is 2.26. The fourth-order valence-corrected chi connectivity index (χ4v) is 1.54. The van der Waals surface area contributed by atoms with E-state index >= 15 is 0 Å². The minimum absolute atomic E-state index is 0.121. The van der Waals surface area contributed by atoms with Gasteiger partial charge in [0.05, 0.1) is 0 Å². The highest BCUT2D eigenvalue weighted by Gasteiger charge is 2.12. The van der Waals surface area contributed by atoms with Crippen molar-refractivity contribution in [2.75, 3.05) is 0 Å². The van der Waals surface area contributed by atoms with E-state index in [2.05, 4.69) is 18.6 Å². The van der Waals surface area contributed by atoms with Gasteiger partial charge in [-0.05, 0) is 23.3 Å². The maximum absolute atomic E-state index is 10.8. The van der Waals surface area contributed by atoms with Gasteiger partial charge >= 0.3 is 0 Å². The van der Waals surface area contributed by atoms with Crippen LogP contribution in [0.1, 0.15) is 34.1 Å². The summed E-state index contributed by atoms with van der Waals surface area (Å²) in [7, 11) is 0. The molecular weight excluding hydrogens is 170 g/mol. The normalized spacial score (nSPS) is 16.1. The van der Waals surface area contributed by atoms with E-state index < -0.39 is 0 Å². The number of nitrogens with one attached hydrogen (secondary N) is 1. The highest BCUT2D eigenvalue weighted by Crippen LogP contribution is 2.21. The molecule has 0 aromatic rings. The fourth-order valence-electron chi connectivity index (χ4n) is 0.774. The van der Waals surface area contributed by atoms with Crippen molar-refractivity contribution in [2.45, 2.75) is 34.1 Å².